The van der Waals surface area contributed by atoms with Gasteiger partial charge in [-0.3, -0.25) is 0 Å². The number of ether oxygens (including phenoxy) is 1. The summed E-state index contributed by atoms with van der Waals surface area (Å²) in [5.74, 6) is 1.15. The maximum absolute atomic E-state index is 9.87. The van der Waals surface area contributed by atoms with Gasteiger partial charge < -0.3 is 15.2 Å². The number of hydrogen-bond acceptors (Lipinski definition) is 3. The van der Waals surface area contributed by atoms with Gasteiger partial charge in [0.2, 0.25) is 0 Å². The summed E-state index contributed by atoms with van der Waals surface area (Å²) in [5.41, 5.74) is 0.722. The molecule has 2 atom stereocenters. The molecule has 0 spiro atoms. The van der Waals surface area contributed by atoms with Crippen molar-refractivity contribution in [1.82, 2.24) is 5.32 Å². The van der Waals surface area contributed by atoms with E-state index < -0.39 is 0 Å². The summed E-state index contributed by atoms with van der Waals surface area (Å²) in [6, 6.07) is 7.98. The Morgan fingerprint density at radius 3 is 2.94 bits per heavy atom. The molecule has 2 N–H and O–H groups in total. The average Bonchev–Trinajstić information content (AvgIpc) is 2.38. The van der Waals surface area contributed by atoms with Crippen LogP contribution in [0.25, 0.3) is 0 Å². The molecule has 0 amide bonds. The van der Waals surface area contributed by atoms with Crippen LogP contribution in [0.4, 0.5) is 0 Å². The van der Waals surface area contributed by atoms with Crippen molar-refractivity contribution in [2.45, 2.75) is 25.8 Å². The van der Waals surface area contributed by atoms with Crippen molar-refractivity contribution >= 4 is 0 Å². The fourth-order valence-corrected chi connectivity index (χ4v) is 2.50. The summed E-state index contributed by atoms with van der Waals surface area (Å²) in [6.07, 6.45) is 1.05. The van der Waals surface area contributed by atoms with Gasteiger partial charge in [-0.1, -0.05) is 32.0 Å². The monoisotopic (exact) mass is 235 g/mol. The van der Waals surface area contributed by atoms with E-state index in [2.05, 4.69) is 19.2 Å². The first-order valence-corrected chi connectivity index (χ1v) is 6.32. The third kappa shape index (κ3) is 2.05. The highest BCUT2D eigenvalue weighted by atomic mass is 16.5. The maximum atomic E-state index is 9.87. The molecule has 1 heterocycles. The number of fused-ring (bicyclic) bond motifs is 1. The Hall–Kier alpha value is -1.06. The molecule has 2 rings (SSSR count). The van der Waals surface area contributed by atoms with Crippen LogP contribution in [0.1, 0.15) is 25.8 Å². The highest BCUT2D eigenvalue weighted by Crippen LogP contribution is 2.39. The van der Waals surface area contributed by atoms with Gasteiger partial charge in [-0.05, 0) is 19.0 Å². The molecule has 2 unspecified atom stereocenters. The topological polar surface area (TPSA) is 41.5 Å². The second-order valence-corrected chi connectivity index (χ2v) is 4.76. The molecule has 0 saturated carbocycles. The first-order valence-electron chi connectivity index (χ1n) is 6.32. The van der Waals surface area contributed by atoms with Crippen LogP contribution in [0.5, 0.6) is 5.75 Å². The summed E-state index contributed by atoms with van der Waals surface area (Å²) in [5, 5.41) is 13.4. The van der Waals surface area contributed by atoms with Gasteiger partial charge in [0.1, 0.15) is 5.75 Å². The van der Waals surface area contributed by atoms with Gasteiger partial charge in [-0.2, -0.15) is 0 Å². The van der Waals surface area contributed by atoms with E-state index in [4.69, 9.17) is 4.74 Å². The van der Waals surface area contributed by atoms with Crippen LogP contribution in [-0.2, 0) is 5.54 Å². The minimum Gasteiger partial charge on any atom is -0.493 e. The Morgan fingerprint density at radius 2 is 2.24 bits per heavy atom. The second kappa shape index (κ2) is 5.07. The molecular formula is C14H21NO2. The molecule has 94 valence electrons. The van der Waals surface area contributed by atoms with E-state index in [0.717, 1.165) is 24.3 Å². The van der Waals surface area contributed by atoms with E-state index in [9.17, 15) is 5.11 Å². The number of para-hydroxylation sites is 1. The Bertz CT molecular complexity index is 380. The van der Waals surface area contributed by atoms with Gasteiger partial charge in [0.05, 0.1) is 18.8 Å². The number of aliphatic hydroxyl groups is 1. The lowest BCUT2D eigenvalue weighted by Crippen LogP contribution is -2.54. The van der Waals surface area contributed by atoms with E-state index in [1.165, 1.54) is 0 Å². The van der Waals surface area contributed by atoms with Gasteiger partial charge in [-0.15, -0.1) is 0 Å². The Labute approximate surface area is 103 Å². The van der Waals surface area contributed by atoms with E-state index in [-0.39, 0.29) is 18.1 Å². The lowest BCUT2D eigenvalue weighted by atomic mass is 9.77. The van der Waals surface area contributed by atoms with Crippen molar-refractivity contribution in [3.05, 3.63) is 29.8 Å². The first-order chi connectivity index (χ1) is 8.24. The molecule has 0 bridgehead atoms. The number of aliphatic hydroxyl groups excluding tert-OH is 1. The zero-order chi connectivity index (χ0) is 12.3. The number of rotatable bonds is 4. The summed E-state index contributed by atoms with van der Waals surface area (Å²) in [7, 11) is 0. The standard InChI is InChI=1S/C14H21NO2/c1-3-8-15-14(10-16)11(2)9-17-13-7-5-4-6-12(13)14/h4-7,11,15-16H,3,8-10H2,1-2H3. The molecule has 3 nitrogen and oxygen atoms in total. The highest BCUT2D eigenvalue weighted by Gasteiger charge is 2.42. The van der Waals surface area contributed by atoms with E-state index in [0.29, 0.717) is 6.61 Å². The predicted molar refractivity (Wildman–Crippen MR) is 68.2 cm³/mol. The van der Waals surface area contributed by atoms with E-state index in [1.54, 1.807) is 0 Å². The van der Waals surface area contributed by atoms with Crippen LogP contribution in [0, 0.1) is 5.92 Å². The normalized spacial score (nSPS) is 27.4. The van der Waals surface area contributed by atoms with Crippen LogP contribution < -0.4 is 10.1 Å². The molecule has 17 heavy (non-hydrogen) atoms. The maximum Gasteiger partial charge on any atom is 0.124 e. The van der Waals surface area contributed by atoms with Gasteiger partial charge in [0.15, 0.2) is 0 Å². The van der Waals surface area contributed by atoms with Gasteiger partial charge in [0.25, 0.3) is 0 Å². The zero-order valence-electron chi connectivity index (χ0n) is 10.6. The smallest absolute Gasteiger partial charge is 0.124 e. The SMILES string of the molecule is CCCNC1(CO)c2ccccc2OCC1C. The molecule has 0 aromatic heterocycles. The van der Waals surface area contributed by atoms with Crippen LogP contribution in [0.15, 0.2) is 24.3 Å². The largest absolute Gasteiger partial charge is 0.493 e. The number of hydrogen-bond donors (Lipinski definition) is 2. The predicted octanol–water partition coefficient (Wildman–Crippen LogP) is 1.90. The summed E-state index contributed by atoms with van der Waals surface area (Å²) >= 11 is 0. The Morgan fingerprint density at radius 1 is 1.47 bits per heavy atom. The molecular weight excluding hydrogens is 214 g/mol. The minimum atomic E-state index is -0.356. The van der Waals surface area contributed by atoms with Crippen LogP contribution in [-0.4, -0.2) is 24.9 Å². The van der Waals surface area contributed by atoms with Crippen molar-refractivity contribution in [2.75, 3.05) is 19.8 Å². The molecule has 3 heteroatoms. The fourth-order valence-electron chi connectivity index (χ4n) is 2.50. The lowest BCUT2D eigenvalue weighted by molar-refractivity contribution is 0.0560. The first kappa shape index (κ1) is 12.4. The molecule has 1 aromatic carbocycles. The highest BCUT2D eigenvalue weighted by molar-refractivity contribution is 5.41. The average molecular weight is 235 g/mol. The Kier molecular flexibility index (Phi) is 3.69. The van der Waals surface area contributed by atoms with Crippen LogP contribution >= 0.6 is 0 Å². The van der Waals surface area contributed by atoms with Gasteiger partial charge in [0, 0.05) is 11.5 Å². The summed E-state index contributed by atoms with van der Waals surface area (Å²) in [4.78, 5) is 0. The third-order valence-electron chi connectivity index (χ3n) is 3.64. The van der Waals surface area contributed by atoms with Crippen molar-refractivity contribution in [2.24, 2.45) is 5.92 Å². The van der Waals surface area contributed by atoms with Crippen molar-refractivity contribution in [3.63, 3.8) is 0 Å². The second-order valence-electron chi connectivity index (χ2n) is 4.76. The van der Waals surface area contributed by atoms with Crippen LogP contribution in [0.3, 0.4) is 0 Å². The van der Waals surface area contributed by atoms with Crippen molar-refractivity contribution in [3.8, 4) is 5.75 Å². The molecule has 0 aliphatic carbocycles. The molecule has 1 aliphatic rings. The van der Waals surface area contributed by atoms with Crippen LogP contribution in [0.2, 0.25) is 0 Å². The molecule has 1 aliphatic heterocycles. The van der Waals surface area contributed by atoms with Gasteiger partial charge >= 0.3 is 0 Å². The van der Waals surface area contributed by atoms with Crippen molar-refractivity contribution < 1.29 is 9.84 Å². The van der Waals surface area contributed by atoms with Gasteiger partial charge in [-0.25, -0.2) is 0 Å². The summed E-state index contributed by atoms with van der Waals surface area (Å²) in [6.45, 7) is 5.91. The molecule has 1 aromatic rings. The molecule has 0 saturated heterocycles. The fraction of sp³-hybridized carbons (Fsp3) is 0.571. The zero-order valence-corrected chi connectivity index (χ0v) is 10.6. The van der Waals surface area contributed by atoms with E-state index in [1.807, 2.05) is 24.3 Å². The molecule has 0 radical (unpaired) electrons. The third-order valence-corrected chi connectivity index (χ3v) is 3.64. The van der Waals surface area contributed by atoms with Crippen molar-refractivity contribution in [1.29, 1.82) is 0 Å². The quantitative estimate of drug-likeness (QED) is 0.837. The summed E-state index contributed by atoms with van der Waals surface area (Å²) < 4.78 is 5.72. The number of nitrogens with one attached hydrogen (secondary N) is 1. The minimum absolute atomic E-state index is 0.106. The number of benzene rings is 1. The van der Waals surface area contributed by atoms with E-state index >= 15 is 0 Å². The Balaban J connectivity index is 2.41. The molecule has 0 fully saturated rings. The lowest BCUT2D eigenvalue weighted by Gasteiger charge is -2.43.